The molecule has 3 aliphatic rings. The maximum absolute atomic E-state index is 13.3. The Bertz CT molecular complexity index is 1220. The number of rotatable bonds is 11. The van der Waals surface area contributed by atoms with E-state index in [9.17, 15) is 45.1 Å². The van der Waals surface area contributed by atoms with Crippen molar-refractivity contribution < 1.29 is 45.1 Å². The summed E-state index contributed by atoms with van der Waals surface area (Å²) in [6, 6.07) is 5.27. The van der Waals surface area contributed by atoms with Crippen molar-refractivity contribution in [3.05, 3.63) is 42.0 Å². The Labute approximate surface area is 238 Å². The summed E-state index contributed by atoms with van der Waals surface area (Å²) in [6.45, 7) is 6.39. The van der Waals surface area contributed by atoms with E-state index in [4.69, 9.17) is 0 Å². The minimum absolute atomic E-state index is 0.0441. The zero-order chi connectivity index (χ0) is 30.4. The van der Waals surface area contributed by atoms with Crippen LogP contribution in [0.15, 0.2) is 30.9 Å². The van der Waals surface area contributed by atoms with Crippen molar-refractivity contribution in [3.63, 3.8) is 0 Å². The van der Waals surface area contributed by atoms with Crippen LogP contribution in [-0.2, 0) is 16.7 Å². The lowest BCUT2D eigenvalue weighted by Gasteiger charge is -2.60. The lowest BCUT2D eigenvalue weighted by molar-refractivity contribution is -0.313. The van der Waals surface area contributed by atoms with Crippen molar-refractivity contribution in [3.8, 4) is 0 Å². The predicted molar refractivity (Wildman–Crippen MR) is 145 cm³/mol. The van der Waals surface area contributed by atoms with Crippen LogP contribution in [0.2, 0.25) is 0 Å². The molecule has 4 N–H and O–H groups in total. The lowest BCUT2D eigenvalue weighted by atomic mass is 9.44. The van der Waals surface area contributed by atoms with Crippen LogP contribution in [0.3, 0.4) is 0 Å². The van der Waals surface area contributed by atoms with Crippen molar-refractivity contribution in [1.82, 2.24) is 0 Å². The number of hydrogen-bond donors (Lipinski definition) is 4. The number of allylic oxidation sites excluding steroid dienone is 1. The highest BCUT2D eigenvalue weighted by molar-refractivity contribution is 7.87. The zero-order valence-electron chi connectivity index (χ0n) is 23.1. The third-order valence-electron chi connectivity index (χ3n) is 10.2. The van der Waals surface area contributed by atoms with Crippen molar-refractivity contribution in [1.29, 1.82) is 0 Å². The number of alkyl halides is 5. The molecule has 4 unspecified atom stereocenters. The summed E-state index contributed by atoms with van der Waals surface area (Å²) in [6.07, 6.45) is -1.32. The third kappa shape index (κ3) is 6.03. The Kier molecular flexibility index (Phi) is 8.93. The molecule has 41 heavy (non-hydrogen) atoms. The summed E-state index contributed by atoms with van der Waals surface area (Å²) in [7, 11) is -4.43. The molecule has 0 bridgehead atoms. The fourth-order valence-corrected chi connectivity index (χ4v) is 8.81. The van der Waals surface area contributed by atoms with Crippen LogP contribution in [0, 0.1) is 22.7 Å². The highest BCUT2D eigenvalue weighted by Crippen LogP contribution is 2.69. The Morgan fingerprint density at radius 2 is 1.83 bits per heavy atom. The highest BCUT2D eigenvalue weighted by Gasteiger charge is 2.63. The minimum atomic E-state index is -5.79. The normalized spacial score (nSPS) is 32.5. The molecule has 1 aromatic carbocycles. The number of fused-ring (bicyclic) bond motifs is 5. The summed E-state index contributed by atoms with van der Waals surface area (Å²) in [5.41, 5.74) is 1.74. The molecular weight excluding hydrogens is 569 g/mol. The van der Waals surface area contributed by atoms with Crippen molar-refractivity contribution in [2.24, 2.45) is 22.7 Å². The third-order valence-corrected chi connectivity index (χ3v) is 10.7. The first kappa shape index (κ1) is 32.2. The van der Waals surface area contributed by atoms with E-state index in [-0.39, 0.29) is 40.7 Å². The number of benzene rings is 1. The van der Waals surface area contributed by atoms with Crippen LogP contribution in [0.5, 0.6) is 0 Å². The number of halogens is 5. The topological polar surface area (TPSA) is 107 Å². The number of unbranched alkanes of at least 4 members (excludes halogenated alkanes) is 3. The summed E-state index contributed by atoms with van der Waals surface area (Å²) < 4.78 is 98.2. The van der Waals surface area contributed by atoms with E-state index in [1.54, 1.807) is 12.1 Å². The number of aliphatic hydroxyl groups excluding tert-OH is 2. The molecule has 232 valence electrons. The monoisotopic (exact) mass is 609 g/mol. The largest absolute Gasteiger partial charge is 0.456 e. The number of hydrogen-bond acceptors (Lipinski definition) is 4. The Morgan fingerprint density at radius 3 is 2.46 bits per heavy atom. The molecule has 0 aromatic heterocycles. The van der Waals surface area contributed by atoms with Gasteiger partial charge in [-0.25, -0.2) is 0 Å². The van der Waals surface area contributed by atoms with E-state index in [0.29, 0.717) is 32.1 Å². The van der Waals surface area contributed by atoms with E-state index >= 15 is 0 Å². The van der Waals surface area contributed by atoms with Gasteiger partial charge in [0.1, 0.15) is 6.10 Å². The zero-order valence-corrected chi connectivity index (χ0v) is 24.0. The van der Waals surface area contributed by atoms with Crippen LogP contribution in [0.4, 0.5) is 27.6 Å². The molecular formula is C29H40F5NO5S. The average molecular weight is 610 g/mol. The van der Waals surface area contributed by atoms with Crippen molar-refractivity contribution in [2.75, 3.05) is 4.72 Å². The second-order valence-corrected chi connectivity index (χ2v) is 13.7. The Morgan fingerprint density at radius 1 is 1.15 bits per heavy atom. The van der Waals surface area contributed by atoms with E-state index in [2.05, 4.69) is 18.2 Å². The van der Waals surface area contributed by atoms with Gasteiger partial charge in [0, 0.05) is 0 Å². The first-order valence-electron chi connectivity index (χ1n) is 14.3. The van der Waals surface area contributed by atoms with Gasteiger partial charge < -0.3 is 10.2 Å². The van der Waals surface area contributed by atoms with Gasteiger partial charge in [-0.1, -0.05) is 44.7 Å². The van der Waals surface area contributed by atoms with Crippen molar-refractivity contribution >= 4 is 16.0 Å². The second-order valence-electron chi connectivity index (χ2n) is 12.5. The van der Waals surface area contributed by atoms with Gasteiger partial charge in [-0.05, 0) is 96.8 Å². The molecule has 0 radical (unpaired) electrons. The molecule has 2 saturated carbocycles. The molecule has 2 fully saturated rings. The van der Waals surface area contributed by atoms with Crippen molar-refractivity contribution in [2.45, 2.75) is 108 Å². The first-order valence-corrected chi connectivity index (χ1v) is 15.7. The minimum Gasteiger partial charge on any atom is -0.393 e. The number of anilines is 1. The molecule has 1 aromatic rings. The molecule has 12 heteroatoms. The van der Waals surface area contributed by atoms with E-state index < -0.39 is 41.0 Å². The van der Waals surface area contributed by atoms with Gasteiger partial charge >= 0.3 is 22.4 Å². The van der Waals surface area contributed by atoms with E-state index in [0.717, 1.165) is 36.8 Å². The number of aryl methyl sites for hydroxylation is 1. The summed E-state index contributed by atoms with van der Waals surface area (Å²) >= 11 is 0. The summed E-state index contributed by atoms with van der Waals surface area (Å²) in [5, 5.41) is 20.5. The highest BCUT2D eigenvalue weighted by atomic mass is 32.2. The number of nitrogens with one attached hydrogen (secondary N) is 1. The smallest absolute Gasteiger partial charge is 0.393 e. The summed E-state index contributed by atoms with van der Waals surface area (Å²) in [4.78, 5) is 0. The van der Waals surface area contributed by atoms with Gasteiger partial charge in [0.25, 0.3) is 0 Å². The van der Waals surface area contributed by atoms with Crippen LogP contribution < -0.4 is 4.72 Å². The standard InChI is InChI=1S/C29H40F5NO5S/c1-3-27-15-14-18-16-20(35-41(38,39)40)10-11-21(18)25(27)19(17-26(2)22(27)12-13-23(26)36)8-6-4-5-7-9-24(37)28(30,31)29(32,33)34/h3,10-11,16,19,22-25,35-37H,1,4-9,12-15,17H2,2H3,(H,38,39,40)/t19-,22?,23-,24?,25?,26-,27?/m0/s1. The molecule has 0 spiro atoms. The van der Waals surface area contributed by atoms with Gasteiger partial charge in [-0.15, -0.1) is 6.58 Å². The molecule has 0 heterocycles. The molecule has 4 rings (SSSR count). The van der Waals surface area contributed by atoms with Gasteiger partial charge in [0.2, 0.25) is 0 Å². The lowest BCUT2D eigenvalue weighted by Crippen LogP contribution is -2.54. The second kappa shape index (κ2) is 11.4. The quantitative estimate of drug-likeness (QED) is 0.0956. The maximum Gasteiger partial charge on any atom is 0.456 e. The molecule has 0 amide bonds. The molecule has 0 aliphatic heterocycles. The van der Waals surface area contributed by atoms with Crippen LogP contribution in [0.1, 0.15) is 88.2 Å². The van der Waals surface area contributed by atoms with Crippen LogP contribution >= 0.6 is 0 Å². The SMILES string of the molecule is C=CC12CCc3cc(NS(=O)(=O)O)ccc3C1[C@@H](CCCCCCC(O)C(F)(F)C(F)(F)F)C[C@@]1(C)C2CC[C@@H]1O. The fraction of sp³-hybridized carbons (Fsp3) is 0.724. The molecule has 7 atom stereocenters. The first-order chi connectivity index (χ1) is 19.0. The molecule has 3 aliphatic carbocycles. The van der Waals surface area contributed by atoms with E-state index in [1.807, 2.05) is 12.1 Å². The van der Waals surface area contributed by atoms with Crippen LogP contribution in [0.25, 0.3) is 0 Å². The Hall–Kier alpha value is -1.76. The number of aliphatic hydroxyl groups is 2. The summed E-state index contributed by atoms with van der Waals surface area (Å²) in [5.74, 6) is -4.74. The average Bonchev–Trinajstić information content (AvgIpc) is 3.17. The van der Waals surface area contributed by atoms with Gasteiger partial charge in [0.05, 0.1) is 11.8 Å². The van der Waals surface area contributed by atoms with Gasteiger partial charge in [0.15, 0.2) is 0 Å². The molecule has 6 nitrogen and oxygen atoms in total. The van der Waals surface area contributed by atoms with Crippen LogP contribution in [-0.4, -0.2) is 47.5 Å². The fourth-order valence-electron chi connectivity index (χ4n) is 8.39. The van der Waals surface area contributed by atoms with Gasteiger partial charge in [-0.3, -0.25) is 9.27 Å². The Balaban J connectivity index is 1.51. The molecule has 0 saturated heterocycles. The van der Waals surface area contributed by atoms with Gasteiger partial charge in [-0.2, -0.15) is 30.4 Å². The maximum atomic E-state index is 13.3. The van der Waals surface area contributed by atoms with E-state index in [1.165, 1.54) is 0 Å². The predicted octanol–water partition coefficient (Wildman–Crippen LogP) is 6.80.